The van der Waals surface area contributed by atoms with E-state index in [-0.39, 0.29) is 11.9 Å². The van der Waals surface area contributed by atoms with Crippen molar-refractivity contribution in [3.8, 4) is 0 Å². The Morgan fingerprint density at radius 1 is 1.11 bits per heavy atom. The van der Waals surface area contributed by atoms with Gasteiger partial charge >= 0.3 is 5.97 Å². The first-order valence-electron chi connectivity index (χ1n) is 7.93. The maximum absolute atomic E-state index is 12.0. The third-order valence-corrected chi connectivity index (χ3v) is 3.47. The van der Waals surface area contributed by atoms with E-state index in [1.165, 1.54) is 19.3 Å². The van der Waals surface area contributed by atoms with Gasteiger partial charge in [0.15, 0.2) is 0 Å². The Bertz CT molecular complexity index is 216. The molecule has 2 atom stereocenters. The SMILES string of the molecule is CCCCC(CC)CC(COCC)C(=O)OCCC. The highest BCUT2D eigenvalue weighted by molar-refractivity contribution is 5.72. The lowest BCUT2D eigenvalue weighted by molar-refractivity contribution is -0.151. The molecule has 0 saturated carbocycles. The van der Waals surface area contributed by atoms with Crippen molar-refractivity contribution in [3.63, 3.8) is 0 Å². The quantitative estimate of drug-likeness (QED) is 0.499. The second-order valence-corrected chi connectivity index (χ2v) is 5.18. The maximum Gasteiger partial charge on any atom is 0.311 e. The van der Waals surface area contributed by atoms with Crippen LogP contribution < -0.4 is 0 Å². The normalized spacial score (nSPS) is 14.1. The van der Waals surface area contributed by atoms with E-state index >= 15 is 0 Å². The summed E-state index contributed by atoms with van der Waals surface area (Å²) >= 11 is 0. The molecule has 0 heterocycles. The van der Waals surface area contributed by atoms with Crippen LogP contribution in [0.15, 0.2) is 0 Å². The number of carbonyl (C=O) groups excluding carboxylic acids is 1. The number of unbranched alkanes of at least 4 members (excludes halogenated alkanes) is 1. The largest absolute Gasteiger partial charge is 0.465 e. The number of esters is 1. The van der Waals surface area contributed by atoms with Gasteiger partial charge in [0.1, 0.15) is 0 Å². The summed E-state index contributed by atoms with van der Waals surface area (Å²) in [7, 11) is 0. The molecule has 0 aromatic rings. The highest BCUT2D eigenvalue weighted by Gasteiger charge is 2.23. The number of rotatable bonds is 12. The Kier molecular flexibility index (Phi) is 12.1. The fraction of sp³-hybridized carbons (Fsp3) is 0.938. The van der Waals surface area contributed by atoms with E-state index in [9.17, 15) is 4.79 Å². The van der Waals surface area contributed by atoms with Crippen LogP contribution in [0.3, 0.4) is 0 Å². The lowest BCUT2D eigenvalue weighted by Crippen LogP contribution is -2.25. The Morgan fingerprint density at radius 2 is 1.84 bits per heavy atom. The van der Waals surface area contributed by atoms with E-state index in [0.29, 0.717) is 25.7 Å². The van der Waals surface area contributed by atoms with Gasteiger partial charge in [0.05, 0.1) is 19.1 Å². The molecule has 0 radical (unpaired) electrons. The van der Waals surface area contributed by atoms with Crippen molar-refractivity contribution in [2.24, 2.45) is 11.8 Å². The molecule has 0 spiro atoms. The highest BCUT2D eigenvalue weighted by Crippen LogP contribution is 2.23. The second-order valence-electron chi connectivity index (χ2n) is 5.18. The molecule has 0 saturated heterocycles. The second kappa shape index (κ2) is 12.5. The number of hydrogen-bond acceptors (Lipinski definition) is 3. The average Bonchev–Trinajstić information content (AvgIpc) is 2.44. The molecule has 3 heteroatoms. The van der Waals surface area contributed by atoms with Crippen LogP contribution in [0, 0.1) is 11.8 Å². The van der Waals surface area contributed by atoms with E-state index in [1.54, 1.807) is 0 Å². The van der Waals surface area contributed by atoms with Crippen molar-refractivity contribution in [2.75, 3.05) is 19.8 Å². The fourth-order valence-electron chi connectivity index (χ4n) is 2.20. The minimum atomic E-state index is -0.0895. The summed E-state index contributed by atoms with van der Waals surface area (Å²) in [4.78, 5) is 12.0. The van der Waals surface area contributed by atoms with Crippen LogP contribution in [-0.4, -0.2) is 25.8 Å². The van der Waals surface area contributed by atoms with Crippen molar-refractivity contribution < 1.29 is 14.3 Å². The summed E-state index contributed by atoms with van der Waals surface area (Å²) in [6.07, 6.45) is 6.57. The van der Waals surface area contributed by atoms with Gasteiger partial charge in [-0.25, -0.2) is 0 Å². The number of carbonyl (C=O) groups is 1. The zero-order chi connectivity index (χ0) is 14.5. The average molecular weight is 272 g/mol. The van der Waals surface area contributed by atoms with Crippen LogP contribution in [0.2, 0.25) is 0 Å². The van der Waals surface area contributed by atoms with Crippen molar-refractivity contribution >= 4 is 5.97 Å². The van der Waals surface area contributed by atoms with Gasteiger partial charge in [-0.3, -0.25) is 4.79 Å². The van der Waals surface area contributed by atoms with Crippen molar-refractivity contribution in [1.82, 2.24) is 0 Å². The predicted octanol–water partition coefficient (Wildman–Crippen LogP) is 4.20. The summed E-state index contributed by atoms with van der Waals surface area (Å²) in [6, 6.07) is 0. The molecule has 0 amide bonds. The van der Waals surface area contributed by atoms with E-state index in [1.807, 2.05) is 13.8 Å². The van der Waals surface area contributed by atoms with Crippen LogP contribution in [0.25, 0.3) is 0 Å². The predicted molar refractivity (Wildman–Crippen MR) is 79.2 cm³/mol. The summed E-state index contributed by atoms with van der Waals surface area (Å²) in [5.41, 5.74) is 0. The Labute approximate surface area is 119 Å². The van der Waals surface area contributed by atoms with Crippen LogP contribution in [0.1, 0.15) is 66.2 Å². The topological polar surface area (TPSA) is 35.5 Å². The first kappa shape index (κ1) is 18.4. The smallest absolute Gasteiger partial charge is 0.311 e. The summed E-state index contributed by atoms with van der Waals surface area (Å²) in [5, 5.41) is 0. The van der Waals surface area contributed by atoms with E-state index in [2.05, 4.69) is 13.8 Å². The number of ether oxygens (including phenoxy) is 2. The molecule has 0 aliphatic heterocycles. The molecule has 0 N–H and O–H groups in total. The van der Waals surface area contributed by atoms with Crippen LogP contribution in [-0.2, 0) is 14.3 Å². The third kappa shape index (κ3) is 9.04. The minimum absolute atomic E-state index is 0.0785. The van der Waals surface area contributed by atoms with Crippen molar-refractivity contribution in [3.05, 3.63) is 0 Å². The fourth-order valence-corrected chi connectivity index (χ4v) is 2.20. The Hall–Kier alpha value is -0.570. The minimum Gasteiger partial charge on any atom is -0.465 e. The van der Waals surface area contributed by atoms with Gasteiger partial charge in [-0.05, 0) is 25.7 Å². The van der Waals surface area contributed by atoms with Crippen molar-refractivity contribution in [2.45, 2.75) is 66.2 Å². The van der Waals surface area contributed by atoms with Crippen LogP contribution >= 0.6 is 0 Å². The molecule has 0 aromatic carbocycles. The molecule has 3 nitrogen and oxygen atoms in total. The lowest BCUT2D eigenvalue weighted by atomic mass is 9.89. The molecule has 0 bridgehead atoms. The van der Waals surface area contributed by atoms with Gasteiger partial charge in [-0.1, -0.05) is 46.5 Å². The van der Waals surface area contributed by atoms with Gasteiger partial charge in [0.25, 0.3) is 0 Å². The Balaban J connectivity index is 4.32. The molecule has 19 heavy (non-hydrogen) atoms. The van der Waals surface area contributed by atoms with Crippen LogP contribution in [0.4, 0.5) is 0 Å². The maximum atomic E-state index is 12.0. The van der Waals surface area contributed by atoms with E-state index < -0.39 is 0 Å². The Morgan fingerprint density at radius 3 is 2.37 bits per heavy atom. The summed E-state index contributed by atoms with van der Waals surface area (Å²) in [6.45, 7) is 10.1. The van der Waals surface area contributed by atoms with E-state index in [0.717, 1.165) is 19.3 Å². The molecule has 114 valence electrons. The van der Waals surface area contributed by atoms with Gasteiger partial charge < -0.3 is 9.47 Å². The first-order chi connectivity index (χ1) is 9.19. The zero-order valence-corrected chi connectivity index (χ0v) is 13.2. The molecule has 0 aliphatic carbocycles. The van der Waals surface area contributed by atoms with Crippen molar-refractivity contribution in [1.29, 1.82) is 0 Å². The molecule has 2 unspecified atom stereocenters. The molecule has 0 aromatic heterocycles. The molecular weight excluding hydrogens is 240 g/mol. The monoisotopic (exact) mass is 272 g/mol. The summed E-state index contributed by atoms with van der Waals surface area (Å²) < 4.78 is 10.7. The molecule has 0 fully saturated rings. The van der Waals surface area contributed by atoms with Gasteiger partial charge in [-0.15, -0.1) is 0 Å². The zero-order valence-electron chi connectivity index (χ0n) is 13.2. The van der Waals surface area contributed by atoms with Gasteiger partial charge in [0, 0.05) is 6.61 Å². The van der Waals surface area contributed by atoms with Crippen LogP contribution in [0.5, 0.6) is 0 Å². The molecule has 0 rings (SSSR count). The van der Waals surface area contributed by atoms with Gasteiger partial charge in [0.2, 0.25) is 0 Å². The first-order valence-corrected chi connectivity index (χ1v) is 7.93. The standard InChI is InChI=1S/C16H32O3/c1-5-9-10-14(7-3)12-15(13-18-8-4)16(17)19-11-6-2/h14-15H,5-13H2,1-4H3. The van der Waals surface area contributed by atoms with Gasteiger partial charge in [-0.2, -0.15) is 0 Å². The number of hydrogen-bond donors (Lipinski definition) is 0. The van der Waals surface area contributed by atoms with E-state index in [4.69, 9.17) is 9.47 Å². The lowest BCUT2D eigenvalue weighted by Gasteiger charge is -2.21. The summed E-state index contributed by atoms with van der Waals surface area (Å²) in [5.74, 6) is 0.443. The highest BCUT2D eigenvalue weighted by atomic mass is 16.5. The third-order valence-electron chi connectivity index (χ3n) is 3.47. The molecule has 0 aliphatic rings. The molecular formula is C16H32O3.